The lowest BCUT2D eigenvalue weighted by molar-refractivity contribution is -0.183. The lowest BCUT2D eigenvalue weighted by atomic mass is 9.76. The predicted octanol–water partition coefficient (Wildman–Crippen LogP) is 2.62. The second-order valence-corrected chi connectivity index (χ2v) is 4.08. The number of hydrogen-bond donors (Lipinski definition) is 0. The van der Waals surface area contributed by atoms with Crippen LogP contribution in [0.5, 0.6) is 0 Å². The van der Waals surface area contributed by atoms with E-state index in [9.17, 15) is 0 Å². The fourth-order valence-electron chi connectivity index (χ4n) is 2.05. The number of methoxy groups -OCH3 is 1. The van der Waals surface area contributed by atoms with Crippen molar-refractivity contribution in [1.29, 1.82) is 0 Å². The van der Waals surface area contributed by atoms with Gasteiger partial charge < -0.3 is 9.47 Å². The van der Waals surface area contributed by atoms with E-state index >= 15 is 0 Å². The highest BCUT2D eigenvalue weighted by Crippen LogP contribution is 2.38. The molecule has 0 aromatic heterocycles. The van der Waals surface area contributed by atoms with Crippen LogP contribution in [0.15, 0.2) is 0 Å². The lowest BCUT2D eigenvalue weighted by Gasteiger charge is -2.46. The Balaban J connectivity index is 2.43. The SMILES string of the molecule is CCCCC(OC)C1(CC)COC1. The first kappa shape index (κ1) is 11.0. The summed E-state index contributed by atoms with van der Waals surface area (Å²) in [6, 6.07) is 0. The first-order valence-corrected chi connectivity index (χ1v) is 5.39. The number of hydrogen-bond acceptors (Lipinski definition) is 2. The molecule has 2 nitrogen and oxygen atoms in total. The average molecular weight is 186 g/mol. The highest BCUT2D eigenvalue weighted by Gasteiger charge is 2.43. The number of rotatable bonds is 6. The molecule has 1 aliphatic rings. The topological polar surface area (TPSA) is 18.5 Å². The van der Waals surface area contributed by atoms with Crippen LogP contribution in [0.3, 0.4) is 0 Å². The van der Waals surface area contributed by atoms with Gasteiger partial charge in [-0.05, 0) is 12.8 Å². The molecule has 0 bridgehead atoms. The lowest BCUT2D eigenvalue weighted by Crippen LogP contribution is -2.51. The summed E-state index contributed by atoms with van der Waals surface area (Å²) >= 11 is 0. The van der Waals surface area contributed by atoms with E-state index < -0.39 is 0 Å². The molecule has 1 aliphatic heterocycles. The summed E-state index contributed by atoms with van der Waals surface area (Å²) in [4.78, 5) is 0. The molecular formula is C11H22O2. The maximum Gasteiger partial charge on any atom is 0.0671 e. The summed E-state index contributed by atoms with van der Waals surface area (Å²) in [5, 5.41) is 0. The molecule has 1 atom stereocenters. The first-order chi connectivity index (χ1) is 6.29. The zero-order valence-electron chi connectivity index (χ0n) is 9.14. The van der Waals surface area contributed by atoms with Gasteiger partial charge in [-0.15, -0.1) is 0 Å². The third kappa shape index (κ3) is 2.23. The fourth-order valence-corrected chi connectivity index (χ4v) is 2.05. The Morgan fingerprint density at radius 1 is 1.38 bits per heavy atom. The van der Waals surface area contributed by atoms with E-state index in [2.05, 4.69) is 13.8 Å². The normalized spacial score (nSPS) is 22.4. The van der Waals surface area contributed by atoms with E-state index in [0.717, 1.165) is 13.2 Å². The summed E-state index contributed by atoms with van der Waals surface area (Å²) < 4.78 is 10.9. The number of ether oxygens (including phenoxy) is 2. The fraction of sp³-hybridized carbons (Fsp3) is 1.00. The van der Waals surface area contributed by atoms with Crippen LogP contribution >= 0.6 is 0 Å². The Hall–Kier alpha value is -0.0800. The van der Waals surface area contributed by atoms with Crippen LogP contribution in [-0.4, -0.2) is 26.4 Å². The Labute approximate surface area is 81.6 Å². The molecule has 1 fully saturated rings. The van der Waals surface area contributed by atoms with Crippen molar-refractivity contribution in [3.8, 4) is 0 Å². The minimum absolute atomic E-state index is 0.337. The molecule has 0 aromatic rings. The maximum absolute atomic E-state index is 5.57. The van der Waals surface area contributed by atoms with Gasteiger partial charge in [-0.2, -0.15) is 0 Å². The summed E-state index contributed by atoms with van der Waals surface area (Å²) in [6.07, 6.45) is 5.28. The van der Waals surface area contributed by atoms with Gasteiger partial charge in [-0.1, -0.05) is 26.7 Å². The minimum atomic E-state index is 0.337. The van der Waals surface area contributed by atoms with Gasteiger partial charge in [-0.3, -0.25) is 0 Å². The minimum Gasteiger partial charge on any atom is -0.381 e. The van der Waals surface area contributed by atoms with Crippen LogP contribution in [0.4, 0.5) is 0 Å². The molecule has 1 rings (SSSR count). The zero-order chi connectivity index (χ0) is 9.73. The van der Waals surface area contributed by atoms with Crippen LogP contribution in [0.2, 0.25) is 0 Å². The molecule has 0 radical (unpaired) electrons. The van der Waals surface area contributed by atoms with Gasteiger partial charge in [0.2, 0.25) is 0 Å². The van der Waals surface area contributed by atoms with Crippen LogP contribution < -0.4 is 0 Å². The molecule has 0 aliphatic carbocycles. The highest BCUT2D eigenvalue weighted by atomic mass is 16.5. The van der Waals surface area contributed by atoms with Gasteiger partial charge in [0.1, 0.15) is 0 Å². The van der Waals surface area contributed by atoms with Gasteiger partial charge in [0.05, 0.1) is 19.3 Å². The first-order valence-electron chi connectivity index (χ1n) is 5.39. The van der Waals surface area contributed by atoms with Crippen LogP contribution in [-0.2, 0) is 9.47 Å². The van der Waals surface area contributed by atoms with Crippen molar-refractivity contribution in [3.05, 3.63) is 0 Å². The molecule has 2 heteroatoms. The van der Waals surface area contributed by atoms with Crippen molar-refractivity contribution in [3.63, 3.8) is 0 Å². The van der Waals surface area contributed by atoms with Crippen molar-refractivity contribution < 1.29 is 9.47 Å². The summed E-state index contributed by atoms with van der Waals surface area (Å²) in [7, 11) is 1.83. The van der Waals surface area contributed by atoms with Crippen LogP contribution in [0.25, 0.3) is 0 Å². The van der Waals surface area contributed by atoms with Crippen molar-refractivity contribution >= 4 is 0 Å². The van der Waals surface area contributed by atoms with E-state index in [4.69, 9.17) is 9.47 Å². The molecule has 78 valence electrons. The molecule has 0 spiro atoms. The molecule has 1 unspecified atom stereocenters. The second-order valence-electron chi connectivity index (χ2n) is 4.08. The van der Waals surface area contributed by atoms with Crippen molar-refractivity contribution in [2.45, 2.75) is 45.6 Å². The summed E-state index contributed by atoms with van der Waals surface area (Å²) in [5.74, 6) is 0. The molecule has 0 aromatic carbocycles. The van der Waals surface area contributed by atoms with E-state index in [1.165, 1.54) is 25.7 Å². The molecule has 0 saturated carbocycles. The Morgan fingerprint density at radius 2 is 2.08 bits per heavy atom. The highest BCUT2D eigenvalue weighted by molar-refractivity contribution is 4.91. The quantitative estimate of drug-likeness (QED) is 0.635. The standard InChI is InChI=1S/C11H22O2/c1-4-6-7-10(12-3)11(5-2)8-13-9-11/h10H,4-9H2,1-3H3. The summed E-state index contributed by atoms with van der Waals surface area (Å²) in [6.45, 7) is 6.25. The Morgan fingerprint density at radius 3 is 2.38 bits per heavy atom. The smallest absolute Gasteiger partial charge is 0.0671 e. The largest absolute Gasteiger partial charge is 0.381 e. The second kappa shape index (κ2) is 4.97. The van der Waals surface area contributed by atoms with Crippen LogP contribution in [0.1, 0.15) is 39.5 Å². The van der Waals surface area contributed by atoms with E-state index in [-0.39, 0.29) is 0 Å². The van der Waals surface area contributed by atoms with Crippen molar-refractivity contribution in [1.82, 2.24) is 0 Å². The Kier molecular flexibility index (Phi) is 4.20. The summed E-state index contributed by atoms with van der Waals surface area (Å²) in [5.41, 5.74) is 0.337. The molecule has 1 saturated heterocycles. The van der Waals surface area contributed by atoms with Gasteiger partial charge in [0.25, 0.3) is 0 Å². The maximum atomic E-state index is 5.57. The molecular weight excluding hydrogens is 164 g/mol. The van der Waals surface area contributed by atoms with E-state index in [1.54, 1.807) is 0 Å². The van der Waals surface area contributed by atoms with Gasteiger partial charge in [0, 0.05) is 12.5 Å². The molecule has 0 amide bonds. The molecule has 0 N–H and O–H groups in total. The van der Waals surface area contributed by atoms with E-state index in [1.807, 2.05) is 7.11 Å². The monoisotopic (exact) mass is 186 g/mol. The molecule has 1 heterocycles. The predicted molar refractivity (Wildman–Crippen MR) is 53.9 cm³/mol. The van der Waals surface area contributed by atoms with Crippen LogP contribution in [0, 0.1) is 5.41 Å². The third-order valence-electron chi connectivity index (χ3n) is 3.27. The third-order valence-corrected chi connectivity index (χ3v) is 3.27. The Bertz CT molecular complexity index is 136. The van der Waals surface area contributed by atoms with Gasteiger partial charge in [-0.25, -0.2) is 0 Å². The van der Waals surface area contributed by atoms with Gasteiger partial charge >= 0.3 is 0 Å². The van der Waals surface area contributed by atoms with Crippen molar-refractivity contribution in [2.24, 2.45) is 5.41 Å². The molecule has 13 heavy (non-hydrogen) atoms. The van der Waals surface area contributed by atoms with E-state index in [0.29, 0.717) is 11.5 Å². The van der Waals surface area contributed by atoms with Gasteiger partial charge in [0.15, 0.2) is 0 Å². The number of unbranched alkanes of at least 4 members (excludes halogenated alkanes) is 1. The van der Waals surface area contributed by atoms with Crippen molar-refractivity contribution in [2.75, 3.05) is 20.3 Å². The zero-order valence-corrected chi connectivity index (χ0v) is 9.14. The average Bonchev–Trinajstić information content (AvgIpc) is 2.09.